The molecule has 1 unspecified atom stereocenters. The van der Waals surface area contributed by atoms with E-state index >= 15 is 0 Å². The Bertz CT molecular complexity index is 646. The average molecular weight is 315 g/mol. The molecule has 1 heterocycles. The van der Waals surface area contributed by atoms with Crippen molar-refractivity contribution in [3.63, 3.8) is 0 Å². The maximum absolute atomic E-state index is 12.7. The zero-order valence-electron chi connectivity index (χ0n) is 11.6. The van der Waals surface area contributed by atoms with Gasteiger partial charge in [0.05, 0.1) is 11.0 Å². The highest BCUT2D eigenvalue weighted by Crippen LogP contribution is 2.32. The minimum absolute atomic E-state index is 0.161. The Morgan fingerprint density at radius 2 is 2.19 bits per heavy atom. The number of nitrogen functional groups attached to an aromatic ring is 1. The topological polar surface area (TPSA) is 116 Å². The summed E-state index contributed by atoms with van der Waals surface area (Å²) in [7, 11) is -3.98. The van der Waals surface area contributed by atoms with Gasteiger partial charge in [0.25, 0.3) is 0 Å². The molecule has 1 aliphatic rings. The number of rotatable bonds is 3. The quantitative estimate of drug-likeness (QED) is 0.505. The van der Waals surface area contributed by atoms with Crippen LogP contribution in [0, 0.1) is 10.1 Å². The number of nitro benzene ring substituents is 1. The SMILES string of the molecule is CC1CN(S(=O)(=O)c2cccc(N)c2[N+](=O)[O-])CCCO1. The summed E-state index contributed by atoms with van der Waals surface area (Å²) in [6, 6.07) is 3.92. The lowest BCUT2D eigenvalue weighted by Crippen LogP contribution is -2.36. The minimum Gasteiger partial charge on any atom is -0.393 e. The molecule has 21 heavy (non-hydrogen) atoms. The first-order valence-electron chi connectivity index (χ1n) is 6.48. The third-order valence-electron chi connectivity index (χ3n) is 3.25. The van der Waals surface area contributed by atoms with Crippen LogP contribution in [-0.4, -0.2) is 43.4 Å². The van der Waals surface area contributed by atoms with Crippen LogP contribution in [0.4, 0.5) is 11.4 Å². The Balaban J connectivity index is 2.49. The predicted octanol–water partition coefficient (Wildman–Crippen LogP) is 0.977. The number of ether oxygens (including phenoxy) is 1. The van der Waals surface area contributed by atoms with Crippen LogP contribution in [0.2, 0.25) is 0 Å². The van der Waals surface area contributed by atoms with Gasteiger partial charge in [-0.3, -0.25) is 10.1 Å². The van der Waals surface area contributed by atoms with Gasteiger partial charge in [0, 0.05) is 19.7 Å². The Morgan fingerprint density at radius 1 is 1.48 bits per heavy atom. The molecule has 1 saturated heterocycles. The smallest absolute Gasteiger partial charge is 0.312 e. The van der Waals surface area contributed by atoms with Crippen molar-refractivity contribution < 1.29 is 18.1 Å². The molecule has 2 N–H and O–H groups in total. The number of sulfonamides is 1. The first kappa shape index (κ1) is 15.7. The molecular weight excluding hydrogens is 298 g/mol. The van der Waals surface area contributed by atoms with Gasteiger partial charge in [-0.15, -0.1) is 0 Å². The highest BCUT2D eigenvalue weighted by molar-refractivity contribution is 7.89. The number of anilines is 1. The van der Waals surface area contributed by atoms with E-state index in [9.17, 15) is 18.5 Å². The lowest BCUT2D eigenvalue weighted by molar-refractivity contribution is -0.386. The second-order valence-electron chi connectivity index (χ2n) is 4.85. The minimum atomic E-state index is -3.98. The Kier molecular flexibility index (Phi) is 4.45. The van der Waals surface area contributed by atoms with Gasteiger partial charge < -0.3 is 10.5 Å². The van der Waals surface area contributed by atoms with Crippen molar-refractivity contribution in [2.75, 3.05) is 25.4 Å². The average Bonchev–Trinajstić information content (AvgIpc) is 2.63. The number of para-hydroxylation sites is 1. The van der Waals surface area contributed by atoms with Crippen molar-refractivity contribution in [3.8, 4) is 0 Å². The second-order valence-corrected chi connectivity index (χ2v) is 6.76. The van der Waals surface area contributed by atoms with Crippen molar-refractivity contribution >= 4 is 21.4 Å². The number of nitro groups is 1. The number of benzene rings is 1. The van der Waals surface area contributed by atoms with E-state index in [1.165, 1.54) is 22.5 Å². The fraction of sp³-hybridized carbons (Fsp3) is 0.500. The molecule has 1 aliphatic heterocycles. The molecule has 0 saturated carbocycles. The summed E-state index contributed by atoms with van der Waals surface area (Å²) < 4.78 is 32.0. The van der Waals surface area contributed by atoms with Crippen molar-refractivity contribution in [1.29, 1.82) is 0 Å². The first-order chi connectivity index (χ1) is 9.84. The molecule has 1 aromatic rings. The molecule has 1 atom stereocenters. The molecule has 1 aromatic carbocycles. The molecule has 0 aromatic heterocycles. The van der Waals surface area contributed by atoms with Gasteiger partial charge in [-0.2, -0.15) is 4.31 Å². The number of nitrogens with two attached hydrogens (primary N) is 1. The molecule has 9 heteroatoms. The Labute approximate surface area is 122 Å². The number of nitrogens with zero attached hydrogens (tertiary/aromatic N) is 2. The van der Waals surface area contributed by atoms with Gasteiger partial charge in [-0.25, -0.2) is 8.42 Å². The third-order valence-corrected chi connectivity index (χ3v) is 5.14. The summed E-state index contributed by atoms with van der Waals surface area (Å²) >= 11 is 0. The molecule has 0 spiro atoms. The highest BCUT2D eigenvalue weighted by atomic mass is 32.2. The van der Waals surface area contributed by atoms with Gasteiger partial charge >= 0.3 is 5.69 Å². The van der Waals surface area contributed by atoms with Gasteiger partial charge in [0.1, 0.15) is 5.69 Å². The van der Waals surface area contributed by atoms with Crippen LogP contribution >= 0.6 is 0 Å². The molecule has 0 radical (unpaired) electrons. The first-order valence-corrected chi connectivity index (χ1v) is 7.92. The van der Waals surface area contributed by atoms with E-state index in [1.807, 2.05) is 0 Å². The summed E-state index contributed by atoms with van der Waals surface area (Å²) in [6.07, 6.45) is 0.280. The van der Waals surface area contributed by atoms with E-state index in [4.69, 9.17) is 10.5 Å². The predicted molar refractivity (Wildman–Crippen MR) is 76.3 cm³/mol. The van der Waals surface area contributed by atoms with Crippen molar-refractivity contribution in [2.45, 2.75) is 24.3 Å². The zero-order valence-corrected chi connectivity index (χ0v) is 12.4. The molecule has 116 valence electrons. The van der Waals surface area contributed by atoms with Gasteiger partial charge in [-0.05, 0) is 25.5 Å². The summed E-state index contributed by atoms with van der Waals surface area (Å²) in [4.78, 5) is 9.98. The Hall–Kier alpha value is -1.71. The van der Waals surface area contributed by atoms with Crippen LogP contribution in [0.1, 0.15) is 13.3 Å². The van der Waals surface area contributed by atoms with Crippen molar-refractivity contribution in [2.24, 2.45) is 0 Å². The highest BCUT2D eigenvalue weighted by Gasteiger charge is 2.34. The van der Waals surface area contributed by atoms with Crippen molar-refractivity contribution in [3.05, 3.63) is 28.3 Å². The molecule has 8 nitrogen and oxygen atoms in total. The summed E-state index contributed by atoms with van der Waals surface area (Å²) in [6.45, 7) is 2.65. The summed E-state index contributed by atoms with van der Waals surface area (Å²) in [5.41, 5.74) is 4.82. The van der Waals surface area contributed by atoms with Crippen LogP contribution in [0.3, 0.4) is 0 Å². The van der Waals surface area contributed by atoms with Crippen LogP contribution in [-0.2, 0) is 14.8 Å². The third kappa shape index (κ3) is 3.14. The van der Waals surface area contributed by atoms with E-state index in [0.29, 0.717) is 13.0 Å². The van der Waals surface area contributed by atoms with Gasteiger partial charge in [0.15, 0.2) is 4.90 Å². The van der Waals surface area contributed by atoms with E-state index in [-0.39, 0.29) is 29.8 Å². The fourth-order valence-electron chi connectivity index (χ4n) is 2.26. The molecule has 0 amide bonds. The monoisotopic (exact) mass is 315 g/mol. The van der Waals surface area contributed by atoms with Crippen LogP contribution < -0.4 is 5.73 Å². The largest absolute Gasteiger partial charge is 0.393 e. The molecule has 0 bridgehead atoms. The lowest BCUT2D eigenvalue weighted by Gasteiger charge is -2.21. The van der Waals surface area contributed by atoms with E-state index in [0.717, 1.165) is 0 Å². The normalized spacial score (nSPS) is 20.9. The van der Waals surface area contributed by atoms with Crippen molar-refractivity contribution in [1.82, 2.24) is 4.31 Å². The van der Waals surface area contributed by atoms with E-state index in [1.54, 1.807) is 6.92 Å². The maximum Gasteiger partial charge on any atom is 0.312 e. The number of hydrogen-bond donors (Lipinski definition) is 1. The molecule has 1 fully saturated rings. The summed E-state index contributed by atoms with van der Waals surface area (Å²) in [5.74, 6) is 0. The number of hydrogen-bond acceptors (Lipinski definition) is 6. The van der Waals surface area contributed by atoms with Crippen LogP contribution in [0.5, 0.6) is 0 Å². The van der Waals surface area contributed by atoms with E-state index < -0.39 is 20.6 Å². The maximum atomic E-state index is 12.7. The molecule has 0 aliphatic carbocycles. The Morgan fingerprint density at radius 3 is 2.86 bits per heavy atom. The summed E-state index contributed by atoms with van der Waals surface area (Å²) in [5, 5.41) is 11.1. The lowest BCUT2D eigenvalue weighted by atomic mass is 10.3. The van der Waals surface area contributed by atoms with Crippen LogP contribution in [0.15, 0.2) is 23.1 Å². The fourth-order valence-corrected chi connectivity index (χ4v) is 4.00. The van der Waals surface area contributed by atoms with E-state index in [2.05, 4.69) is 0 Å². The van der Waals surface area contributed by atoms with Crippen LogP contribution in [0.25, 0.3) is 0 Å². The molecular formula is C12H17N3O5S. The van der Waals surface area contributed by atoms with Gasteiger partial charge in [0.2, 0.25) is 10.0 Å². The molecule has 2 rings (SSSR count). The zero-order chi connectivity index (χ0) is 15.6. The van der Waals surface area contributed by atoms with Gasteiger partial charge in [-0.1, -0.05) is 6.07 Å². The second kappa shape index (κ2) is 5.96. The standard InChI is InChI=1S/C12H17N3O5S/c1-9-8-14(6-3-7-20-9)21(18,19)11-5-2-4-10(13)12(11)15(16)17/h2,4-5,9H,3,6-8,13H2,1H3.